The van der Waals surface area contributed by atoms with E-state index >= 15 is 0 Å². The van der Waals surface area contributed by atoms with Crippen molar-refractivity contribution in [3.05, 3.63) is 29.8 Å². The van der Waals surface area contributed by atoms with E-state index in [-0.39, 0.29) is 6.54 Å². The van der Waals surface area contributed by atoms with Crippen molar-refractivity contribution in [2.75, 3.05) is 13.6 Å². The molecule has 17 heavy (non-hydrogen) atoms. The molecule has 2 N–H and O–H groups in total. The molecule has 0 fully saturated rings. The Morgan fingerprint density at radius 1 is 1.29 bits per heavy atom. The number of hydrogen-bond donors (Lipinski definition) is 1. The van der Waals surface area contributed by atoms with Gasteiger partial charge in [-0.05, 0) is 17.5 Å². The maximum absolute atomic E-state index is 12.3. The van der Waals surface area contributed by atoms with E-state index in [0.717, 1.165) is 0 Å². The van der Waals surface area contributed by atoms with Crippen LogP contribution < -0.4 is 5.73 Å². The highest BCUT2D eigenvalue weighted by Gasteiger charge is 2.23. The van der Waals surface area contributed by atoms with Crippen molar-refractivity contribution in [2.45, 2.75) is 25.3 Å². The lowest BCUT2D eigenvalue weighted by Gasteiger charge is -2.20. The van der Waals surface area contributed by atoms with Crippen LogP contribution in [0.1, 0.15) is 19.4 Å². The maximum Gasteiger partial charge on any atom is 0.243 e. The number of nitrogens with zero attached hydrogens (tertiary/aromatic N) is 1. The van der Waals surface area contributed by atoms with Crippen LogP contribution in [0.4, 0.5) is 0 Å². The van der Waals surface area contributed by atoms with E-state index in [0.29, 0.717) is 22.9 Å². The van der Waals surface area contributed by atoms with E-state index < -0.39 is 10.0 Å². The minimum atomic E-state index is -3.42. The molecule has 0 aromatic heterocycles. The van der Waals surface area contributed by atoms with Crippen LogP contribution in [0.25, 0.3) is 0 Å². The third-order valence-electron chi connectivity index (χ3n) is 2.50. The van der Waals surface area contributed by atoms with Gasteiger partial charge in [0.2, 0.25) is 10.0 Å². The largest absolute Gasteiger partial charge is 0.326 e. The number of benzene rings is 1. The van der Waals surface area contributed by atoms with Crippen molar-refractivity contribution in [3.63, 3.8) is 0 Å². The van der Waals surface area contributed by atoms with Crippen molar-refractivity contribution in [1.82, 2.24) is 4.31 Å². The standard InChI is InChI=1S/C12H20N2O2S/c1-10(2)9-14(3)17(15,16)12-7-5-4-6-11(12)8-13/h4-7,10H,8-9,13H2,1-3H3. The summed E-state index contributed by atoms with van der Waals surface area (Å²) < 4.78 is 26.0. The fourth-order valence-corrected chi connectivity index (χ4v) is 3.27. The first-order valence-electron chi connectivity index (χ1n) is 5.64. The normalized spacial score (nSPS) is 12.4. The SMILES string of the molecule is CC(C)CN(C)S(=O)(=O)c1ccccc1CN. The molecular weight excluding hydrogens is 236 g/mol. The van der Waals surface area contributed by atoms with Crippen LogP contribution in [-0.2, 0) is 16.6 Å². The number of hydrogen-bond acceptors (Lipinski definition) is 3. The molecular formula is C12H20N2O2S. The second-order valence-electron chi connectivity index (χ2n) is 4.49. The number of rotatable bonds is 5. The zero-order valence-corrected chi connectivity index (χ0v) is 11.4. The molecule has 0 bridgehead atoms. The fourth-order valence-electron chi connectivity index (χ4n) is 1.70. The Labute approximate surface area is 103 Å². The lowest BCUT2D eigenvalue weighted by molar-refractivity contribution is 0.417. The first-order chi connectivity index (χ1) is 7.89. The fraction of sp³-hybridized carbons (Fsp3) is 0.500. The van der Waals surface area contributed by atoms with Crippen LogP contribution in [0.15, 0.2) is 29.2 Å². The first-order valence-corrected chi connectivity index (χ1v) is 7.08. The molecule has 1 rings (SSSR count). The van der Waals surface area contributed by atoms with Crippen molar-refractivity contribution in [3.8, 4) is 0 Å². The molecule has 1 aromatic carbocycles. The first kappa shape index (κ1) is 14.2. The number of sulfonamides is 1. The average molecular weight is 256 g/mol. The van der Waals surface area contributed by atoms with E-state index in [1.807, 2.05) is 13.8 Å². The van der Waals surface area contributed by atoms with Gasteiger partial charge in [-0.15, -0.1) is 0 Å². The molecule has 0 aliphatic heterocycles. The molecule has 0 saturated heterocycles. The van der Waals surface area contributed by atoms with Crippen LogP contribution in [0, 0.1) is 5.92 Å². The summed E-state index contributed by atoms with van der Waals surface area (Å²) in [6.45, 7) is 4.70. The van der Waals surface area contributed by atoms with Crippen LogP contribution in [-0.4, -0.2) is 26.3 Å². The van der Waals surface area contributed by atoms with E-state index in [4.69, 9.17) is 5.73 Å². The van der Waals surface area contributed by atoms with Gasteiger partial charge in [0, 0.05) is 20.1 Å². The summed E-state index contributed by atoms with van der Waals surface area (Å²) in [5.74, 6) is 0.291. The molecule has 4 nitrogen and oxygen atoms in total. The molecule has 0 spiro atoms. The lowest BCUT2D eigenvalue weighted by Crippen LogP contribution is -2.31. The van der Waals surface area contributed by atoms with E-state index in [1.165, 1.54) is 4.31 Å². The van der Waals surface area contributed by atoms with Gasteiger partial charge < -0.3 is 5.73 Å². The Kier molecular flexibility index (Phi) is 4.68. The zero-order valence-electron chi connectivity index (χ0n) is 10.6. The van der Waals surface area contributed by atoms with Crippen molar-refractivity contribution >= 4 is 10.0 Å². The van der Waals surface area contributed by atoms with Crippen LogP contribution >= 0.6 is 0 Å². The second kappa shape index (κ2) is 5.62. The van der Waals surface area contributed by atoms with Gasteiger partial charge in [-0.1, -0.05) is 32.0 Å². The molecule has 5 heteroatoms. The molecule has 0 unspecified atom stereocenters. The van der Waals surface area contributed by atoms with Gasteiger partial charge in [0.1, 0.15) is 0 Å². The summed E-state index contributed by atoms with van der Waals surface area (Å²) in [6, 6.07) is 6.86. The molecule has 1 aromatic rings. The Morgan fingerprint density at radius 2 is 1.88 bits per heavy atom. The monoisotopic (exact) mass is 256 g/mol. The van der Waals surface area contributed by atoms with Gasteiger partial charge in [-0.3, -0.25) is 0 Å². The highest BCUT2D eigenvalue weighted by molar-refractivity contribution is 7.89. The van der Waals surface area contributed by atoms with Gasteiger partial charge in [0.25, 0.3) is 0 Å². The summed E-state index contributed by atoms with van der Waals surface area (Å²) >= 11 is 0. The van der Waals surface area contributed by atoms with Gasteiger partial charge in [-0.25, -0.2) is 12.7 Å². The third-order valence-corrected chi connectivity index (χ3v) is 4.43. The maximum atomic E-state index is 12.3. The lowest BCUT2D eigenvalue weighted by atomic mass is 10.2. The van der Waals surface area contributed by atoms with E-state index in [1.54, 1.807) is 31.3 Å². The van der Waals surface area contributed by atoms with Gasteiger partial charge in [0.05, 0.1) is 4.90 Å². The van der Waals surface area contributed by atoms with Crippen LogP contribution in [0.3, 0.4) is 0 Å². The number of nitrogens with two attached hydrogens (primary N) is 1. The summed E-state index contributed by atoms with van der Waals surface area (Å²) in [4.78, 5) is 0.311. The van der Waals surface area contributed by atoms with Gasteiger partial charge in [-0.2, -0.15) is 0 Å². The minimum absolute atomic E-state index is 0.227. The van der Waals surface area contributed by atoms with Crippen molar-refractivity contribution in [1.29, 1.82) is 0 Å². The molecule has 0 aliphatic carbocycles. The smallest absolute Gasteiger partial charge is 0.243 e. The van der Waals surface area contributed by atoms with Crippen LogP contribution in [0.5, 0.6) is 0 Å². The van der Waals surface area contributed by atoms with Crippen molar-refractivity contribution < 1.29 is 8.42 Å². The van der Waals surface area contributed by atoms with E-state index in [9.17, 15) is 8.42 Å². The summed E-state index contributed by atoms with van der Waals surface area (Å²) in [7, 11) is -1.82. The third kappa shape index (κ3) is 3.28. The predicted molar refractivity (Wildman–Crippen MR) is 69.0 cm³/mol. The predicted octanol–water partition coefficient (Wildman–Crippen LogP) is 1.42. The van der Waals surface area contributed by atoms with Gasteiger partial charge >= 0.3 is 0 Å². The molecule has 0 amide bonds. The van der Waals surface area contributed by atoms with Crippen LogP contribution in [0.2, 0.25) is 0 Å². The Bertz CT molecular complexity index is 469. The highest BCUT2D eigenvalue weighted by atomic mass is 32.2. The molecule has 0 radical (unpaired) electrons. The quantitative estimate of drug-likeness (QED) is 0.866. The second-order valence-corrected chi connectivity index (χ2v) is 6.50. The molecule has 0 atom stereocenters. The Balaban J connectivity index is 3.13. The summed E-state index contributed by atoms with van der Waals surface area (Å²) in [5.41, 5.74) is 6.22. The average Bonchev–Trinajstić information content (AvgIpc) is 2.28. The highest BCUT2D eigenvalue weighted by Crippen LogP contribution is 2.19. The molecule has 0 heterocycles. The molecule has 0 aliphatic rings. The molecule has 96 valence electrons. The topological polar surface area (TPSA) is 63.4 Å². The van der Waals surface area contributed by atoms with E-state index in [2.05, 4.69) is 0 Å². The minimum Gasteiger partial charge on any atom is -0.326 e. The zero-order chi connectivity index (χ0) is 13.1. The van der Waals surface area contributed by atoms with Crippen molar-refractivity contribution in [2.24, 2.45) is 11.7 Å². The Hall–Kier alpha value is -0.910. The Morgan fingerprint density at radius 3 is 2.41 bits per heavy atom. The summed E-state index contributed by atoms with van der Waals surface area (Å²) in [6.07, 6.45) is 0. The molecule has 0 saturated carbocycles. The van der Waals surface area contributed by atoms with Gasteiger partial charge in [0.15, 0.2) is 0 Å². The summed E-state index contributed by atoms with van der Waals surface area (Å²) in [5, 5.41) is 0.